The monoisotopic (exact) mass is 312 g/mol. The van der Waals surface area contributed by atoms with E-state index in [4.69, 9.17) is 16.3 Å². The quantitative estimate of drug-likeness (QED) is 0.850. The van der Waals surface area contributed by atoms with Crippen molar-refractivity contribution < 1.29 is 13.2 Å². The highest BCUT2D eigenvalue weighted by molar-refractivity contribution is 7.89. The minimum Gasteiger partial charge on any atom is -0.379 e. The lowest BCUT2D eigenvalue weighted by Crippen LogP contribution is -2.40. The highest BCUT2D eigenvalue weighted by atomic mass is 35.5. The Morgan fingerprint density at radius 3 is 2.70 bits per heavy atom. The van der Waals surface area contributed by atoms with E-state index in [0.29, 0.717) is 42.2 Å². The molecule has 106 valence electrons. The van der Waals surface area contributed by atoms with Gasteiger partial charge in [-0.1, -0.05) is 11.6 Å². The lowest BCUT2D eigenvalue weighted by atomic mass is 10.2. The summed E-state index contributed by atoms with van der Waals surface area (Å²) in [4.78, 5) is 4.40. The molecule has 7 heteroatoms. The van der Waals surface area contributed by atoms with E-state index in [1.54, 1.807) is 30.5 Å². The van der Waals surface area contributed by atoms with Crippen LogP contribution in [0, 0.1) is 0 Å². The van der Waals surface area contributed by atoms with Gasteiger partial charge in [-0.15, -0.1) is 0 Å². The maximum atomic E-state index is 12.5. The molecule has 0 atom stereocenters. The summed E-state index contributed by atoms with van der Waals surface area (Å²) in [5.41, 5.74) is 0.679. The van der Waals surface area contributed by atoms with E-state index in [2.05, 4.69) is 4.98 Å². The van der Waals surface area contributed by atoms with E-state index in [-0.39, 0.29) is 4.90 Å². The van der Waals surface area contributed by atoms with E-state index in [1.807, 2.05) is 0 Å². The fraction of sp³-hybridized carbons (Fsp3) is 0.308. The number of nitrogens with zero attached hydrogens (tertiary/aromatic N) is 2. The van der Waals surface area contributed by atoms with Crippen LogP contribution in [0.15, 0.2) is 35.4 Å². The Kier molecular flexibility index (Phi) is 3.64. The molecule has 2 heterocycles. The molecule has 0 N–H and O–H groups in total. The van der Waals surface area contributed by atoms with Gasteiger partial charge in [0.2, 0.25) is 10.0 Å². The summed E-state index contributed by atoms with van der Waals surface area (Å²) in [6.07, 6.45) is 1.60. The van der Waals surface area contributed by atoms with Gasteiger partial charge < -0.3 is 4.74 Å². The van der Waals surface area contributed by atoms with Gasteiger partial charge in [-0.2, -0.15) is 4.31 Å². The van der Waals surface area contributed by atoms with Gasteiger partial charge in [0.05, 0.1) is 28.6 Å². The predicted molar refractivity (Wildman–Crippen MR) is 76.3 cm³/mol. The first-order valence-corrected chi connectivity index (χ1v) is 8.03. The van der Waals surface area contributed by atoms with E-state index in [9.17, 15) is 8.42 Å². The fourth-order valence-electron chi connectivity index (χ4n) is 2.19. The van der Waals surface area contributed by atoms with Gasteiger partial charge in [-0.3, -0.25) is 4.98 Å². The third-order valence-corrected chi connectivity index (χ3v) is 5.49. The summed E-state index contributed by atoms with van der Waals surface area (Å²) in [6, 6.07) is 6.47. The summed E-state index contributed by atoms with van der Waals surface area (Å²) in [5, 5.41) is 1.14. The van der Waals surface area contributed by atoms with Crippen molar-refractivity contribution in [1.29, 1.82) is 0 Å². The van der Waals surface area contributed by atoms with Gasteiger partial charge >= 0.3 is 0 Å². The van der Waals surface area contributed by atoms with Crippen LogP contribution < -0.4 is 0 Å². The second-order valence-corrected chi connectivity index (χ2v) is 6.83. The van der Waals surface area contributed by atoms with Gasteiger partial charge in [0.15, 0.2) is 0 Å². The smallest absolute Gasteiger partial charge is 0.243 e. The molecule has 0 amide bonds. The number of halogens is 1. The first kappa shape index (κ1) is 13.8. The molecule has 1 aliphatic heterocycles. The van der Waals surface area contributed by atoms with Crippen LogP contribution in [0.2, 0.25) is 5.02 Å². The Morgan fingerprint density at radius 2 is 1.95 bits per heavy atom. The Labute approximate surface area is 122 Å². The Bertz CT molecular complexity index is 742. The summed E-state index contributed by atoms with van der Waals surface area (Å²) >= 11 is 6.10. The van der Waals surface area contributed by atoms with Crippen molar-refractivity contribution >= 4 is 32.5 Å². The lowest BCUT2D eigenvalue weighted by molar-refractivity contribution is 0.0730. The molecule has 0 bridgehead atoms. The van der Waals surface area contributed by atoms with Gasteiger partial charge in [-0.25, -0.2) is 8.42 Å². The molecule has 2 aromatic rings. The molecule has 1 fully saturated rings. The highest BCUT2D eigenvalue weighted by Crippen LogP contribution is 2.26. The second-order valence-electron chi connectivity index (χ2n) is 4.49. The maximum absolute atomic E-state index is 12.5. The number of hydrogen-bond donors (Lipinski definition) is 0. The lowest BCUT2D eigenvalue weighted by Gasteiger charge is -2.26. The number of fused-ring (bicyclic) bond motifs is 1. The summed E-state index contributed by atoms with van der Waals surface area (Å²) in [5.74, 6) is 0. The molecule has 1 saturated heterocycles. The van der Waals surface area contributed by atoms with Gasteiger partial charge in [0.25, 0.3) is 0 Å². The normalized spacial score (nSPS) is 17.4. The van der Waals surface area contributed by atoms with Crippen molar-refractivity contribution in [3.63, 3.8) is 0 Å². The standard InChI is InChI=1S/C13H13ClN2O3S/c14-12-3-4-15-13-2-1-10(9-11(12)13)20(17,18)16-5-7-19-8-6-16/h1-4,9H,5-8H2. The Morgan fingerprint density at radius 1 is 1.20 bits per heavy atom. The molecule has 1 aromatic heterocycles. The van der Waals surface area contributed by atoms with Crippen LogP contribution in [0.3, 0.4) is 0 Å². The highest BCUT2D eigenvalue weighted by Gasteiger charge is 2.26. The van der Waals surface area contributed by atoms with Crippen molar-refractivity contribution in [3.05, 3.63) is 35.5 Å². The topological polar surface area (TPSA) is 59.5 Å². The van der Waals surface area contributed by atoms with Crippen LogP contribution in [0.1, 0.15) is 0 Å². The van der Waals surface area contributed by atoms with Crippen molar-refractivity contribution in [3.8, 4) is 0 Å². The minimum absolute atomic E-state index is 0.238. The fourth-order valence-corrected chi connectivity index (χ4v) is 3.83. The van der Waals surface area contributed by atoms with Crippen molar-refractivity contribution in [2.24, 2.45) is 0 Å². The molecular weight excluding hydrogens is 300 g/mol. The second kappa shape index (κ2) is 5.29. The summed E-state index contributed by atoms with van der Waals surface area (Å²) in [6.45, 7) is 1.60. The van der Waals surface area contributed by atoms with Crippen molar-refractivity contribution in [2.75, 3.05) is 26.3 Å². The molecule has 1 aromatic carbocycles. The number of rotatable bonds is 2. The molecule has 0 unspecified atom stereocenters. The Balaban J connectivity index is 2.07. The molecule has 20 heavy (non-hydrogen) atoms. The first-order valence-electron chi connectivity index (χ1n) is 6.21. The number of aromatic nitrogens is 1. The number of pyridine rings is 1. The molecular formula is C13H13ClN2O3S. The molecule has 3 rings (SSSR count). The van der Waals surface area contributed by atoms with Gasteiger partial charge in [-0.05, 0) is 24.3 Å². The Hall–Kier alpha value is -1.21. The van der Waals surface area contributed by atoms with E-state index < -0.39 is 10.0 Å². The number of benzene rings is 1. The van der Waals surface area contributed by atoms with E-state index >= 15 is 0 Å². The third-order valence-electron chi connectivity index (χ3n) is 3.27. The SMILES string of the molecule is O=S(=O)(c1ccc2nccc(Cl)c2c1)N1CCOCC1. The predicted octanol–water partition coefficient (Wildman–Crippen LogP) is 1.91. The maximum Gasteiger partial charge on any atom is 0.243 e. The van der Waals surface area contributed by atoms with Crippen molar-refractivity contribution in [2.45, 2.75) is 4.90 Å². The van der Waals surface area contributed by atoms with Crippen LogP contribution in [-0.2, 0) is 14.8 Å². The molecule has 0 radical (unpaired) electrons. The van der Waals surface area contributed by atoms with Crippen LogP contribution in [0.5, 0.6) is 0 Å². The first-order chi connectivity index (χ1) is 9.59. The van der Waals surface area contributed by atoms with E-state index in [1.165, 1.54) is 4.31 Å². The van der Waals surface area contributed by atoms with Crippen LogP contribution in [-0.4, -0.2) is 44.0 Å². The number of ether oxygens (including phenoxy) is 1. The number of sulfonamides is 1. The summed E-state index contributed by atoms with van der Waals surface area (Å²) in [7, 11) is -3.50. The summed E-state index contributed by atoms with van der Waals surface area (Å²) < 4.78 is 31.7. The number of morpholine rings is 1. The van der Waals surface area contributed by atoms with Gasteiger partial charge in [0, 0.05) is 24.7 Å². The molecule has 1 aliphatic rings. The molecule has 0 aliphatic carbocycles. The third kappa shape index (κ3) is 2.40. The zero-order valence-corrected chi connectivity index (χ0v) is 12.2. The van der Waals surface area contributed by atoms with Crippen molar-refractivity contribution in [1.82, 2.24) is 9.29 Å². The minimum atomic E-state index is -3.50. The zero-order valence-electron chi connectivity index (χ0n) is 10.6. The molecule has 0 spiro atoms. The largest absolute Gasteiger partial charge is 0.379 e. The van der Waals surface area contributed by atoms with Crippen LogP contribution in [0.4, 0.5) is 0 Å². The van der Waals surface area contributed by atoms with Crippen LogP contribution >= 0.6 is 11.6 Å². The van der Waals surface area contributed by atoms with Gasteiger partial charge in [0.1, 0.15) is 0 Å². The average Bonchev–Trinajstić information content (AvgIpc) is 2.48. The van der Waals surface area contributed by atoms with Crippen LogP contribution in [0.25, 0.3) is 10.9 Å². The molecule has 0 saturated carbocycles. The van der Waals surface area contributed by atoms with E-state index in [0.717, 1.165) is 0 Å². The molecule has 5 nitrogen and oxygen atoms in total. The zero-order chi connectivity index (χ0) is 14.2. The number of hydrogen-bond acceptors (Lipinski definition) is 4. The average molecular weight is 313 g/mol.